The van der Waals surface area contributed by atoms with E-state index in [1.165, 1.54) is 0 Å². The summed E-state index contributed by atoms with van der Waals surface area (Å²) < 4.78 is 4.70. The van der Waals surface area contributed by atoms with Gasteiger partial charge < -0.3 is 20.1 Å². The van der Waals surface area contributed by atoms with Crippen LogP contribution in [0.1, 0.15) is 12.8 Å². The van der Waals surface area contributed by atoms with Gasteiger partial charge in [-0.25, -0.2) is 4.79 Å². The molecule has 0 aliphatic carbocycles. The van der Waals surface area contributed by atoms with Gasteiger partial charge in [0.25, 0.3) is 0 Å². The maximum atomic E-state index is 11.3. The number of piperidine rings is 1. The third kappa shape index (κ3) is 5.09. The number of carboxylic acids is 1. The maximum absolute atomic E-state index is 11.3. The molecule has 0 aromatic rings. The molecule has 6 heteroatoms. The van der Waals surface area contributed by atoms with Crippen molar-refractivity contribution in [1.29, 1.82) is 0 Å². The van der Waals surface area contributed by atoms with E-state index in [0.717, 1.165) is 25.9 Å². The summed E-state index contributed by atoms with van der Waals surface area (Å²) in [6.45, 7) is 1.33. The zero-order valence-corrected chi connectivity index (χ0v) is 9.44. The number of nitrogens with one attached hydrogen (secondary N) is 1. The third-order valence-electron chi connectivity index (χ3n) is 2.54. The minimum atomic E-state index is -1.06. The van der Waals surface area contributed by atoms with Crippen LogP contribution in [0.4, 0.5) is 0 Å². The molecule has 0 unspecified atom stereocenters. The molecule has 0 bridgehead atoms. The highest BCUT2D eigenvalue weighted by atomic mass is 16.5. The Morgan fingerprint density at radius 2 is 2.00 bits per heavy atom. The highest BCUT2D eigenvalue weighted by Gasteiger charge is 2.18. The van der Waals surface area contributed by atoms with Gasteiger partial charge in [0.05, 0.1) is 0 Å². The van der Waals surface area contributed by atoms with E-state index in [1.54, 1.807) is 0 Å². The van der Waals surface area contributed by atoms with Gasteiger partial charge >= 0.3 is 5.97 Å². The fourth-order valence-corrected chi connectivity index (χ4v) is 1.65. The van der Waals surface area contributed by atoms with Crippen LogP contribution < -0.4 is 5.32 Å². The smallest absolute Gasteiger partial charge is 0.329 e. The molecule has 0 aromatic carbocycles. The second-order valence-electron chi connectivity index (χ2n) is 4.03. The number of carboxylic acid groups (broad SMARTS) is 1. The second kappa shape index (κ2) is 6.44. The molecule has 6 nitrogen and oxygen atoms in total. The van der Waals surface area contributed by atoms with Crippen molar-refractivity contribution in [2.75, 3.05) is 33.4 Å². The van der Waals surface area contributed by atoms with Gasteiger partial charge in [0.1, 0.15) is 13.2 Å². The first-order valence-electron chi connectivity index (χ1n) is 5.35. The standard InChI is InChI=1S/C10H18N2O4/c1-12-4-2-8(3-5-12)11-9(13)6-16-7-10(14)15/h8H,2-7H2,1H3,(H,11,13)(H,14,15). The van der Waals surface area contributed by atoms with Gasteiger partial charge in [-0.05, 0) is 33.0 Å². The first-order chi connectivity index (χ1) is 7.58. The fraction of sp³-hybridized carbons (Fsp3) is 0.800. The Morgan fingerprint density at radius 1 is 1.38 bits per heavy atom. The number of rotatable bonds is 5. The molecule has 2 N–H and O–H groups in total. The molecule has 0 saturated carbocycles. The van der Waals surface area contributed by atoms with E-state index < -0.39 is 12.6 Å². The Bertz CT molecular complexity index is 249. The van der Waals surface area contributed by atoms with Gasteiger partial charge in [0.15, 0.2) is 0 Å². The van der Waals surface area contributed by atoms with E-state index in [9.17, 15) is 9.59 Å². The molecule has 1 fully saturated rings. The summed E-state index contributed by atoms with van der Waals surface area (Å²) in [5.74, 6) is -1.30. The van der Waals surface area contributed by atoms with Crippen molar-refractivity contribution in [1.82, 2.24) is 10.2 Å². The number of amides is 1. The van der Waals surface area contributed by atoms with Crippen LogP contribution in [0.25, 0.3) is 0 Å². The number of carbonyl (C=O) groups excluding carboxylic acids is 1. The summed E-state index contributed by atoms with van der Waals surface area (Å²) in [5, 5.41) is 11.1. The first-order valence-corrected chi connectivity index (χ1v) is 5.35. The van der Waals surface area contributed by atoms with Crippen LogP contribution in [-0.2, 0) is 14.3 Å². The predicted molar refractivity (Wildman–Crippen MR) is 57.1 cm³/mol. The maximum Gasteiger partial charge on any atom is 0.329 e. The number of aliphatic carboxylic acids is 1. The lowest BCUT2D eigenvalue weighted by Gasteiger charge is -2.29. The summed E-state index contributed by atoms with van der Waals surface area (Å²) in [7, 11) is 2.05. The van der Waals surface area contributed by atoms with Crippen molar-refractivity contribution in [3.63, 3.8) is 0 Å². The highest BCUT2D eigenvalue weighted by Crippen LogP contribution is 2.07. The van der Waals surface area contributed by atoms with Crippen LogP contribution in [0.15, 0.2) is 0 Å². The third-order valence-corrected chi connectivity index (χ3v) is 2.54. The molecule has 0 radical (unpaired) electrons. The lowest BCUT2D eigenvalue weighted by molar-refractivity contribution is -0.143. The molecular formula is C10H18N2O4. The van der Waals surface area contributed by atoms with Gasteiger partial charge in [-0.3, -0.25) is 4.79 Å². The number of carbonyl (C=O) groups is 2. The van der Waals surface area contributed by atoms with E-state index in [1.807, 2.05) is 7.05 Å². The van der Waals surface area contributed by atoms with Crippen LogP contribution >= 0.6 is 0 Å². The molecule has 1 amide bonds. The van der Waals surface area contributed by atoms with Gasteiger partial charge in [-0.15, -0.1) is 0 Å². The van der Waals surface area contributed by atoms with Crippen molar-refractivity contribution in [3.05, 3.63) is 0 Å². The average Bonchev–Trinajstić information content (AvgIpc) is 2.21. The van der Waals surface area contributed by atoms with Crippen molar-refractivity contribution in [2.24, 2.45) is 0 Å². The Kier molecular flexibility index (Phi) is 5.21. The quantitative estimate of drug-likeness (QED) is 0.653. The van der Waals surface area contributed by atoms with E-state index in [4.69, 9.17) is 9.84 Å². The van der Waals surface area contributed by atoms with E-state index in [0.29, 0.717) is 0 Å². The molecule has 0 atom stereocenters. The number of hydrogen-bond donors (Lipinski definition) is 2. The Balaban J connectivity index is 2.11. The van der Waals surface area contributed by atoms with E-state index >= 15 is 0 Å². The zero-order chi connectivity index (χ0) is 12.0. The van der Waals surface area contributed by atoms with Crippen molar-refractivity contribution in [2.45, 2.75) is 18.9 Å². The zero-order valence-electron chi connectivity index (χ0n) is 9.44. The number of nitrogens with zero attached hydrogens (tertiary/aromatic N) is 1. The number of ether oxygens (including phenoxy) is 1. The molecule has 0 spiro atoms. The van der Waals surface area contributed by atoms with Gasteiger partial charge in [-0.2, -0.15) is 0 Å². The normalized spacial score (nSPS) is 18.3. The molecule has 0 aromatic heterocycles. The number of likely N-dealkylation sites (tertiary alicyclic amines) is 1. The topological polar surface area (TPSA) is 78.9 Å². The minimum Gasteiger partial charge on any atom is -0.480 e. The van der Waals surface area contributed by atoms with E-state index in [-0.39, 0.29) is 18.6 Å². The minimum absolute atomic E-state index is 0.182. The molecular weight excluding hydrogens is 212 g/mol. The van der Waals surface area contributed by atoms with Crippen LogP contribution in [0.3, 0.4) is 0 Å². The summed E-state index contributed by atoms with van der Waals surface area (Å²) >= 11 is 0. The van der Waals surface area contributed by atoms with Crippen LogP contribution in [-0.4, -0.2) is 61.3 Å². The van der Waals surface area contributed by atoms with Crippen molar-refractivity contribution < 1.29 is 19.4 Å². The molecule has 1 saturated heterocycles. The molecule has 1 heterocycles. The van der Waals surface area contributed by atoms with Gasteiger partial charge in [-0.1, -0.05) is 0 Å². The monoisotopic (exact) mass is 230 g/mol. The SMILES string of the molecule is CN1CCC(NC(=O)COCC(=O)O)CC1. The summed E-state index contributed by atoms with van der Waals surface area (Å²) in [5.41, 5.74) is 0. The number of hydrogen-bond acceptors (Lipinski definition) is 4. The summed E-state index contributed by atoms with van der Waals surface area (Å²) in [4.78, 5) is 23.7. The molecule has 16 heavy (non-hydrogen) atoms. The van der Waals surface area contributed by atoms with Crippen LogP contribution in [0.5, 0.6) is 0 Å². The Hall–Kier alpha value is -1.14. The largest absolute Gasteiger partial charge is 0.480 e. The summed E-state index contributed by atoms with van der Waals surface area (Å²) in [6.07, 6.45) is 1.86. The highest BCUT2D eigenvalue weighted by molar-refractivity contribution is 5.78. The molecule has 1 aliphatic rings. The summed E-state index contributed by atoms with van der Waals surface area (Å²) in [6, 6.07) is 0.192. The average molecular weight is 230 g/mol. The molecule has 92 valence electrons. The van der Waals surface area contributed by atoms with Gasteiger partial charge in [0.2, 0.25) is 5.91 Å². The van der Waals surface area contributed by atoms with Gasteiger partial charge in [0, 0.05) is 6.04 Å². The Morgan fingerprint density at radius 3 is 2.56 bits per heavy atom. The fourth-order valence-electron chi connectivity index (χ4n) is 1.65. The van der Waals surface area contributed by atoms with E-state index in [2.05, 4.69) is 10.2 Å². The van der Waals surface area contributed by atoms with Crippen molar-refractivity contribution >= 4 is 11.9 Å². The lowest BCUT2D eigenvalue weighted by Crippen LogP contribution is -2.44. The Labute approximate surface area is 94.6 Å². The van der Waals surface area contributed by atoms with Crippen LogP contribution in [0, 0.1) is 0 Å². The van der Waals surface area contributed by atoms with Crippen molar-refractivity contribution in [3.8, 4) is 0 Å². The lowest BCUT2D eigenvalue weighted by atomic mass is 10.1. The molecule has 1 aliphatic heterocycles. The molecule has 1 rings (SSSR count). The first kappa shape index (κ1) is 12.9. The predicted octanol–water partition coefficient (Wildman–Crippen LogP) is -0.702. The second-order valence-corrected chi connectivity index (χ2v) is 4.03. The van der Waals surface area contributed by atoms with Crippen LogP contribution in [0.2, 0.25) is 0 Å².